The zero-order chi connectivity index (χ0) is 17.0. The van der Waals surface area contributed by atoms with Crippen LogP contribution in [0.5, 0.6) is 0 Å². The summed E-state index contributed by atoms with van der Waals surface area (Å²) in [5.74, 6) is 0. The van der Waals surface area contributed by atoms with Crippen LogP contribution < -0.4 is 4.46 Å². The summed E-state index contributed by atoms with van der Waals surface area (Å²) in [7, 11) is 0. The molecule has 0 bridgehead atoms. The topological polar surface area (TPSA) is 20.3 Å². The van der Waals surface area contributed by atoms with Crippen LogP contribution in [0.25, 0.3) is 0 Å². The van der Waals surface area contributed by atoms with Crippen molar-refractivity contribution in [1.82, 2.24) is 4.90 Å². The minimum atomic E-state index is -0.160. The van der Waals surface area contributed by atoms with Crippen molar-refractivity contribution in [2.24, 2.45) is 0 Å². The molecule has 0 atom stereocenters. The monoisotopic (exact) mass is 385 g/mol. The number of carbonyl (C=O) groups is 1. The van der Waals surface area contributed by atoms with Gasteiger partial charge in [-0.2, -0.15) is 0 Å². The van der Waals surface area contributed by atoms with E-state index in [1.165, 1.54) is 5.56 Å². The molecule has 2 rings (SSSR count). The van der Waals surface area contributed by atoms with Gasteiger partial charge in [0.05, 0.1) is 0 Å². The Hall–Kier alpha value is -2.05. The first-order valence-corrected chi connectivity index (χ1v) is 9.91. The average molecular weight is 384 g/mol. The quantitative estimate of drug-likeness (QED) is 0.366. The van der Waals surface area contributed by atoms with Crippen LogP contribution in [-0.2, 0) is 6.42 Å². The maximum absolute atomic E-state index is 12.7. The van der Waals surface area contributed by atoms with E-state index in [1.807, 2.05) is 59.5 Å². The number of allylic oxidation sites excluding steroid dienone is 1. The fourth-order valence-corrected chi connectivity index (χ4v) is 4.04. The zero-order valence-corrected chi connectivity index (χ0v) is 15.6. The Morgan fingerprint density at radius 2 is 1.71 bits per heavy atom. The second-order valence-electron chi connectivity index (χ2n) is 5.45. The molecule has 24 heavy (non-hydrogen) atoms. The fraction of sp³-hybridized carbons (Fsp3) is 0.238. The van der Waals surface area contributed by atoms with E-state index >= 15 is 0 Å². The molecule has 0 fully saturated rings. The van der Waals surface area contributed by atoms with Crippen molar-refractivity contribution >= 4 is 24.2 Å². The van der Waals surface area contributed by atoms with Crippen LogP contribution in [0.4, 0.5) is 4.79 Å². The van der Waals surface area contributed by atoms with Gasteiger partial charge < -0.3 is 0 Å². The predicted octanol–water partition coefficient (Wildman–Crippen LogP) is 3.80. The Morgan fingerprint density at radius 1 is 1.04 bits per heavy atom. The van der Waals surface area contributed by atoms with Crippen LogP contribution in [0.15, 0.2) is 79.0 Å². The molecule has 0 saturated heterocycles. The summed E-state index contributed by atoms with van der Waals surface area (Å²) in [5.41, 5.74) is 4.07. The van der Waals surface area contributed by atoms with E-state index < -0.39 is 0 Å². The molecular weight excluding hydrogens is 361 g/mol. The molecule has 3 heteroatoms. The normalized spacial score (nSPS) is 10.0. The fourth-order valence-electron chi connectivity index (χ4n) is 2.34. The van der Waals surface area contributed by atoms with Crippen molar-refractivity contribution in [2.45, 2.75) is 19.3 Å². The summed E-state index contributed by atoms with van der Waals surface area (Å²) >= 11 is -0.160. The number of nitrogens with zero attached hydrogens (tertiary/aromatic N) is 1. The van der Waals surface area contributed by atoms with Gasteiger partial charge in [-0.1, -0.05) is 0 Å². The Kier molecular flexibility index (Phi) is 8.13. The molecule has 124 valence electrons. The SMILES string of the molecule is C=C=CCCCN(CCc1ccccc1)C(=O)[Se]c1ccccc1. The Morgan fingerprint density at radius 3 is 2.38 bits per heavy atom. The van der Waals surface area contributed by atoms with Crippen molar-refractivity contribution in [3.63, 3.8) is 0 Å². The Labute approximate surface area is 151 Å². The zero-order valence-electron chi connectivity index (χ0n) is 13.9. The maximum atomic E-state index is 12.7. The molecule has 0 saturated carbocycles. The van der Waals surface area contributed by atoms with Crippen molar-refractivity contribution in [3.05, 3.63) is 84.6 Å². The summed E-state index contributed by atoms with van der Waals surface area (Å²) in [6, 6.07) is 20.4. The molecule has 0 aliphatic carbocycles. The molecule has 0 aliphatic rings. The van der Waals surface area contributed by atoms with E-state index in [2.05, 4.69) is 24.4 Å². The molecule has 0 spiro atoms. The van der Waals surface area contributed by atoms with Gasteiger partial charge in [0, 0.05) is 0 Å². The number of benzene rings is 2. The van der Waals surface area contributed by atoms with Gasteiger partial charge in [0.25, 0.3) is 0 Å². The van der Waals surface area contributed by atoms with Gasteiger partial charge in [-0.05, 0) is 0 Å². The van der Waals surface area contributed by atoms with Gasteiger partial charge in [-0.15, -0.1) is 0 Å². The van der Waals surface area contributed by atoms with Gasteiger partial charge >= 0.3 is 151 Å². The van der Waals surface area contributed by atoms with Crippen LogP contribution in [0.1, 0.15) is 18.4 Å². The number of unbranched alkanes of at least 4 members (excludes halogenated alkanes) is 1. The van der Waals surface area contributed by atoms with E-state index in [4.69, 9.17) is 0 Å². The van der Waals surface area contributed by atoms with Crippen molar-refractivity contribution in [2.75, 3.05) is 13.1 Å². The molecule has 0 unspecified atom stereocenters. The summed E-state index contributed by atoms with van der Waals surface area (Å²) in [5, 5.41) is 0. The van der Waals surface area contributed by atoms with Crippen LogP contribution in [0.3, 0.4) is 0 Å². The average Bonchev–Trinajstić information content (AvgIpc) is 2.62. The molecule has 2 nitrogen and oxygen atoms in total. The molecule has 2 aromatic carbocycles. The molecule has 0 N–H and O–H groups in total. The minimum absolute atomic E-state index is 0.160. The van der Waals surface area contributed by atoms with Gasteiger partial charge in [0.2, 0.25) is 0 Å². The van der Waals surface area contributed by atoms with Crippen molar-refractivity contribution < 1.29 is 4.79 Å². The Balaban J connectivity index is 1.95. The molecular formula is C21H23NOSe. The van der Waals surface area contributed by atoms with Crippen LogP contribution >= 0.6 is 0 Å². The first-order valence-electron chi connectivity index (χ1n) is 8.19. The molecule has 1 amide bonds. The van der Waals surface area contributed by atoms with E-state index in [1.54, 1.807) is 0 Å². The first kappa shape index (κ1) is 18.3. The molecule has 2 aromatic rings. The summed E-state index contributed by atoms with van der Waals surface area (Å²) < 4.78 is 1.13. The van der Waals surface area contributed by atoms with Gasteiger partial charge in [-0.25, -0.2) is 0 Å². The molecule has 0 radical (unpaired) electrons. The van der Waals surface area contributed by atoms with E-state index in [9.17, 15) is 4.79 Å². The summed E-state index contributed by atoms with van der Waals surface area (Å²) in [6.45, 7) is 5.15. The first-order chi connectivity index (χ1) is 11.8. The van der Waals surface area contributed by atoms with E-state index in [0.717, 1.165) is 36.8 Å². The second kappa shape index (κ2) is 10.7. The van der Waals surface area contributed by atoms with Crippen molar-refractivity contribution in [1.29, 1.82) is 0 Å². The van der Waals surface area contributed by atoms with Crippen LogP contribution in [-0.4, -0.2) is 37.8 Å². The number of rotatable bonds is 9. The number of hydrogen-bond acceptors (Lipinski definition) is 1. The second-order valence-corrected chi connectivity index (χ2v) is 7.60. The number of hydrogen-bond donors (Lipinski definition) is 0. The van der Waals surface area contributed by atoms with Crippen molar-refractivity contribution in [3.8, 4) is 0 Å². The summed E-state index contributed by atoms with van der Waals surface area (Å²) in [4.78, 5) is 15.0. The standard InChI is InChI=1S/C21H23NOSe/c1-2-3-4-11-17-22(18-16-19-12-7-5-8-13-19)21(23)24-20-14-9-6-10-15-20/h3,5-10,12-15H,1,4,11,16-18H2. The third-order valence-electron chi connectivity index (χ3n) is 3.64. The third-order valence-corrected chi connectivity index (χ3v) is 5.61. The molecule has 0 aromatic heterocycles. The van der Waals surface area contributed by atoms with Crippen LogP contribution in [0, 0.1) is 0 Å². The molecule has 0 heterocycles. The van der Waals surface area contributed by atoms with Gasteiger partial charge in [0.1, 0.15) is 0 Å². The van der Waals surface area contributed by atoms with E-state index in [-0.39, 0.29) is 19.8 Å². The molecule has 0 aliphatic heterocycles. The Bertz CT molecular complexity index is 663. The number of carbonyl (C=O) groups excluding carboxylic acids is 1. The van der Waals surface area contributed by atoms with Crippen LogP contribution in [0.2, 0.25) is 0 Å². The third kappa shape index (κ3) is 6.60. The van der Waals surface area contributed by atoms with Gasteiger partial charge in [-0.3, -0.25) is 0 Å². The van der Waals surface area contributed by atoms with E-state index in [0.29, 0.717) is 0 Å². The predicted molar refractivity (Wildman–Crippen MR) is 102 cm³/mol. The van der Waals surface area contributed by atoms with Gasteiger partial charge in [0.15, 0.2) is 0 Å². The number of amides is 1. The summed E-state index contributed by atoms with van der Waals surface area (Å²) in [6.07, 6.45) is 4.70.